The topological polar surface area (TPSA) is 85.4 Å². The van der Waals surface area contributed by atoms with Gasteiger partial charge in [-0.15, -0.1) is 0 Å². The third-order valence-corrected chi connectivity index (χ3v) is 1.94. The van der Waals surface area contributed by atoms with E-state index in [0.717, 1.165) is 12.2 Å². The summed E-state index contributed by atoms with van der Waals surface area (Å²) in [5.74, 6) is -0.788. The molecule has 1 heterocycles. The van der Waals surface area contributed by atoms with E-state index in [2.05, 4.69) is 22.6 Å². The van der Waals surface area contributed by atoms with Crippen LogP contribution in [0.25, 0.3) is 0 Å². The van der Waals surface area contributed by atoms with E-state index >= 15 is 0 Å². The van der Waals surface area contributed by atoms with Crippen molar-refractivity contribution in [2.75, 3.05) is 26.4 Å². The van der Waals surface area contributed by atoms with Gasteiger partial charge in [0.25, 0.3) is 0 Å². The fraction of sp³-hybridized carbons (Fsp3) is 0.538. The van der Waals surface area contributed by atoms with Gasteiger partial charge in [-0.2, -0.15) is 0 Å². The second-order valence-electron chi connectivity index (χ2n) is 3.59. The van der Waals surface area contributed by atoms with Crippen molar-refractivity contribution in [1.29, 1.82) is 0 Å². The lowest BCUT2D eigenvalue weighted by atomic mass is 10.3. The zero-order valence-electron chi connectivity index (χ0n) is 10.9. The predicted octanol–water partition coefficient (Wildman–Crippen LogP) is 0.602. The number of hydrogen-bond acceptors (Lipinski definition) is 6. The number of unbranched alkanes of at least 4 members (excludes halogenated alkanes) is 1. The smallest absolute Gasteiger partial charge is 0.330 e. The highest BCUT2D eigenvalue weighted by atomic mass is 16.6. The van der Waals surface area contributed by atoms with Crippen LogP contribution in [0.3, 0.4) is 0 Å². The van der Waals surface area contributed by atoms with Gasteiger partial charge in [-0.1, -0.05) is 13.2 Å². The summed E-state index contributed by atoms with van der Waals surface area (Å²) in [6, 6.07) is 0. The molecular formula is C13H20O6. The number of esters is 2. The number of epoxide rings is 1. The lowest BCUT2D eigenvalue weighted by molar-refractivity contribution is -0.138. The van der Waals surface area contributed by atoms with Crippen molar-refractivity contribution in [1.82, 2.24) is 0 Å². The van der Waals surface area contributed by atoms with Gasteiger partial charge in [0.15, 0.2) is 0 Å². The Labute approximate surface area is 112 Å². The summed E-state index contributed by atoms with van der Waals surface area (Å²) >= 11 is 0. The first kappa shape index (κ1) is 17.3. The molecule has 1 aliphatic rings. The van der Waals surface area contributed by atoms with E-state index in [4.69, 9.17) is 9.84 Å². The molecule has 1 fully saturated rings. The fourth-order valence-corrected chi connectivity index (χ4v) is 0.844. The van der Waals surface area contributed by atoms with Crippen LogP contribution in [0.4, 0.5) is 0 Å². The van der Waals surface area contributed by atoms with E-state index in [1.54, 1.807) is 0 Å². The summed E-state index contributed by atoms with van der Waals surface area (Å²) in [4.78, 5) is 20.7. The number of carbonyl (C=O) groups is 2. The average molecular weight is 272 g/mol. The molecular weight excluding hydrogens is 252 g/mol. The minimum atomic E-state index is -0.405. The summed E-state index contributed by atoms with van der Waals surface area (Å²) in [5.41, 5.74) is 0. The molecule has 0 aromatic rings. The molecule has 0 radical (unpaired) electrons. The molecule has 1 N–H and O–H groups in total. The summed E-state index contributed by atoms with van der Waals surface area (Å²) in [5, 5.41) is 8.33. The Morgan fingerprint density at radius 3 is 2.26 bits per heavy atom. The predicted molar refractivity (Wildman–Crippen MR) is 68.4 cm³/mol. The first-order valence-electron chi connectivity index (χ1n) is 5.94. The highest BCUT2D eigenvalue weighted by Gasteiger charge is 2.23. The summed E-state index contributed by atoms with van der Waals surface area (Å²) in [7, 11) is 0. The Morgan fingerprint density at radius 2 is 1.79 bits per heavy atom. The van der Waals surface area contributed by atoms with Gasteiger partial charge in [0, 0.05) is 18.8 Å². The van der Waals surface area contributed by atoms with E-state index < -0.39 is 5.97 Å². The van der Waals surface area contributed by atoms with Crippen molar-refractivity contribution in [3.8, 4) is 0 Å². The molecule has 0 bridgehead atoms. The molecule has 0 aliphatic carbocycles. The monoisotopic (exact) mass is 272 g/mol. The Morgan fingerprint density at radius 1 is 1.21 bits per heavy atom. The maximum Gasteiger partial charge on any atom is 0.330 e. The molecule has 6 nitrogen and oxygen atoms in total. The average Bonchev–Trinajstić information content (AvgIpc) is 3.25. The number of ether oxygens (including phenoxy) is 3. The maximum absolute atomic E-state index is 10.4. The molecule has 1 atom stereocenters. The first-order valence-corrected chi connectivity index (χ1v) is 5.94. The van der Waals surface area contributed by atoms with Gasteiger partial charge in [-0.3, -0.25) is 0 Å². The highest BCUT2D eigenvalue weighted by Crippen LogP contribution is 2.08. The molecule has 0 amide bonds. The second-order valence-corrected chi connectivity index (χ2v) is 3.59. The minimum Gasteiger partial charge on any atom is -0.463 e. The number of carbonyl (C=O) groups excluding carboxylic acids is 2. The number of hydrogen-bond donors (Lipinski definition) is 1. The largest absolute Gasteiger partial charge is 0.463 e. The van der Waals surface area contributed by atoms with Crippen molar-refractivity contribution in [3.63, 3.8) is 0 Å². The fourth-order valence-electron chi connectivity index (χ4n) is 0.844. The summed E-state index contributed by atoms with van der Waals surface area (Å²) in [6.07, 6.45) is 3.79. The van der Waals surface area contributed by atoms with Gasteiger partial charge in [0.1, 0.15) is 12.7 Å². The molecule has 0 aromatic carbocycles. The summed E-state index contributed by atoms with van der Waals surface area (Å²) < 4.78 is 14.1. The molecule has 0 spiro atoms. The van der Waals surface area contributed by atoms with Crippen LogP contribution in [0, 0.1) is 0 Å². The third-order valence-electron chi connectivity index (χ3n) is 1.94. The Hall–Kier alpha value is -1.66. The van der Waals surface area contributed by atoms with Crippen LogP contribution in [0.2, 0.25) is 0 Å². The van der Waals surface area contributed by atoms with E-state index in [-0.39, 0.29) is 18.7 Å². The molecule has 1 saturated heterocycles. The molecule has 1 unspecified atom stereocenters. The van der Waals surface area contributed by atoms with Crippen molar-refractivity contribution in [2.45, 2.75) is 18.9 Å². The highest BCUT2D eigenvalue weighted by molar-refractivity contribution is 5.81. The van der Waals surface area contributed by atoms with Gasteiger partial charge < -0.3 is 19.3 Å². The van der Waals surface area contributed by atoms with Crippen LogP contribution in [-0.2, 0) is 23.8 Å². The van der Waals surface area contributed by atoms with E-state index in [0.29, 0.717) is 32.7 Å². The molecule has 108 valence electrons. The van der Waals surface area contributed by atoms with Crippen molar-refractivity contribution >= 4 is 11.9 Å². The van der Waals surface area contributed by atoms with Crippen LogP contribution in [0.15, 0.2) is 25.3 Å². The molecule has 6 heteroatoms. The maximum atomic E-state index is 10.4. The number of rotatable bonds is 8. The Bertz CT molecular complexity index is 296. The van der Waals surface area contributed by atoms with Crippen LogP contribution >= 0.6 is 0 Å². The lowest BCUT2D eigenvalue weighted by Gasteiger charge is -1.98. The van der Waals surface area contributed by atoms with Crippen molar-refractivity contribution < 1.29 is 28.9 Å². The first-order chi connectivity index (χ1) is 9.13. The summed E-state index contributed by atoms with van der Waals surface area (Å²) in [6.45, 7) is 8.07. The standard InChI is InChI=1S/C7H12O3.C6H8O3/c1-2-7(9)10-6-4-3-5-8;1-2-6(7)9-4-5-3-8-5/h2,8H,1,3-6H2;2,5H,1,3-4H2. The second kappa shape index (κ2) is 11.4. The zero-order chi connectivity index (χ0) is 14.5. The normalized spacial score (nSPS) is 15.5. The lowest BCUT2D eigenvalue weighted by Crippen LogP contribution is -2.06. The van der Waals surface area contributed by atoms with Crippen molar-refractivity contribution in [3.05, 3.63) is 25.3 Å². The van der Waals surface area contributed by atoms with Gasteiger partial charge >= 0.3 is 11.9 Å². The molecule has 0 aromatic heterocycles. The van der Waals surface area contributed by atoms with Crippen molar-refractivity contribution in [2.24, 2.45) is 0 Å². The zero-order valence-corrected chi connectivity index (χ0v) is 10.9. The SMILES string of the molecule is C=CC(=O)OCC1CO1.C=CC(=O)OCCCCO. The van der Waals surface area contributed by atoms with E-state index in [1.165, 1.54) is 0 Å². The van der Waals surface area contributed by atoms with E-state index in [9.17, 15) is 9.59 Å². The molecule has 1 aliphatic heterocycles. The molecule has 1 rings (SSSR count). The quantitative estimate of drug-likeness (QED) is 0.301. The van der Waals surface area contributed by atoms with Crippen LogP contribution in [0.5, 0.6) is 0 Å². The molecule has 19 heavy (non-hydrogen) atoms. The van der Waals surface area contributed by atoms with Gasteiger partial charge in [0.05, 0.1) is 13.2 Å². The Balaban J connectivity index is 0.000000342. The van der Waals surface area contributed by atoms with Gasteiger partial charge in [-0.05, 0) is 12.8 Å². The van der Waals surface area contributed by atoms with Gasteiger partial charge in [0.2, 0.25) is 0 Å². The van der Waals surface area contributed by atoms with E-state index in [1.807, 2.05) is 0 Å². The minimum absolute atomic E-state index is 0.144. The van der Waals surface area contributed by atoms with Crippen LogP contribution < -0.4 is 0 Å². The third kappa shape index (κ3) is 12.6. The van der Waals surface area contributed by atoms with Crippen LogP contribution in [0.1, 0.15) is 12.8 Å². The Kier molecular flexibility index (Phi) is 10.4. The number of aliphatic hydroxyl groups is 1. The number of aliphatic hydroxyl groups excluding tert-OH is 1. The van der Waals surface area contributed by atoms with Crippen LogP contribution in [-0.4, -0.2) is 49.6 Å². The van der Waals surface area contributed by atoms with Gasteiger partial charge in [-0.25, -0.2) is 9.59 Å². The molecule has 0 saturated carbocycles.